The van der Waals surface area contributed by atoms with Gasteiger partial charge in [-0.3, -0.25) is 14.4 Å². The molecule has 5 rings (SSSR count). The number of esters is 4. The van der Waals surface area contributed by atoms with E-state index in [-0.39, 0.29) is 44.8 Å². The van der Waals surface area contributed by atoms with Gasteiger partial charge < -0.3 is 33.5 Å². The van der Waals surface area contributed by atoms with E-state index in [4.69, 9.17) is 51.4 Å². The van der Waals surface area contributed by atoms with Gasteiger partial charge in [-0.2, -0.15) is 0 Å². The minimum Gasteiger partial charge on any atom is -0.493 e. The van der Waals surface area contributed by atoms with Crippen LogP contribution < -0.4 is 14.8 Å². The number of rotatable bonds is 10. The molecule has 1 N–H and O–H groups in total. The van der Waals surface area contributed by atoms with Crippen molar-refractivity contribution in [3.05, 3.63) is 93.4 Å². The Morgan fingerprint density at radius 3 is 2.36 bits per heavy atom. The molecule has 1 fully saturated rings. The number of hydrogen-bond donors (Lipinski definition) is 1. The highest BCUT2D eigenvalue weighted by molar-refractivity contribution is 6.39. The zero-order valence-corrected chi connectivity index (χ0v) is 30.7. The number of cyclic esters (lactones) is 2. The fourth-order valence-corrected chi connectivity index (χ4v) is 6.06. The summed E-state index contributed by atoms with van der Waals surface area (Å²) in [5.74, 6) is -6.46. The van der Waals surface area contributed by atoms with E-state index in [0.29, 0.717) is 0 Å². The molecular formula is C37H35Cl2N3O11. The third-order valence-corrected chi connectivity index (χ3v) is 8.86. The third-order valence-electron chi connectivity index (χ3n) is 8.23. The molecule has 1 aliphatic heterocycles. The number of methoxy groups -OCH3 is 1. The number of ether oxygens (including phenoxy) is 5. The number of benzene rings is 2. The summed E-state index contributed by atoms with van der Waals surface area (Å²) >= 11 is 12.7. The van der Waals surface area contributed by atoms with Crippen LogP contribution in [0, 0.1) is 18.8 Å². The maximum absolute atomic E-state index is 13.8. The lowest BCUT2D eigenvalue weighted by atomic mass is 9.91. The molecule has 2 aromatic carbocycles. The number of amides is 1. The van der Waals surface area contributed by atoms with Crippen LogP contribution in [0.15, 0.2) is 65.3 Å². The maximum atomic E-state index is 13.8. The summed E-state index contributed by atoms with van der Waals surface area (Å²) < 4.78 is 33.3. The number of carbonyl (C=O) groups excluding carboxylic acids is 5. The van der Waals surface area contributed by atoms with Crippen molar-refractivity contribution in [2.24, 2.45) is 11.8 Å². The van der Waals surface area contributed by atoms with E-state index in [0.717, 1.165) is 5.56 Å². The van der Waals surface area contributed by atoms with Gasteiger partial charge in [-0.05, 0) is 38.0 Å². The second kappa shape index (κ2) is 16.9. The summed E-state index contributed by atoms with van der Waals surface area (Å²) in [6.45, 7) is 5.55. The van der Waals surface area contributed by atoms with Crippen molar-refractivity contribution in [2.75, 3.05) is 13.7 Å². The zero-order valence-electron chi connectivity index (χ0n) is 29.2. The fraction of sp³-hybridized carbons (Fsp3) is 0.324. The van der Waals surface area contributed by atoms with Crippen molar-refractivity contribution in [2.45, 2.75) is 52.4 Å². The Labute approximate surface area is 314 Å². The first-order chi connectivity index (χ1) is 25.3. The Balaban J connectivity index is 1.42. The summed E-state index contributed by atoms with van der Waals surface area (Å²) in [6.07, 6.45) is -1.03. The number of aryl methyl sites for hydroxylation is 1. The van der Waals surface area contributed by atoms with Crippen molar-refractivity contribution >= 4 is 53.0 Å². The highest BCUT2D eigenvalue weighted by Gasteiger charge is 2.42. The van der Waals surface area contributed by atoms with Gasteiger partial charge in [0.15, 0.2) is 23.6 Å². The summed E-state index contributed by atoms with van der Waals surface area (Å²) in [5, 5.41) is 6.78. The molecule has 0 saturated carbocycles. The van der Waals surface area contributed by atoms with E-state index >= 15 is 0 Å². The van der Waals surface area contributed by atoms with E-state index in [1.165, 1.54) is 33.2 Å². The molecule has 278 valence electrons. The maximum Gasteiger partial charge on any atom is 0.349 e. The van der Waals surface area contributed by atoms with Gasteiger partial charge in [0.05, 0.1) is 23.1 Å². The molecule has 0 aliphatic carbocycles. The van der Waals surface area contributed by atoms with Crippen molar-refractivity contribution in [3.8, 4) is 22.8 Å². The van der Waals surface area contributed by atoms with Crippen molar-refractivity contribution in [1.82, 2.24) is 15.5 Å². The molecular weight excluding hydrogens is 733 g/mol. The molecule has 4 atom stereocenters. The number of pyridine rings is 1. The van der Waals surface area contributed by atoms with Crippen molar-refractivity contribution in [1.29, 1.82) is 0 Å². The molecule has 4 unspecified atom stereocenters. The predicted octanol–water partition coefficient (Wildman–Crippen LogP) is 5.59. The molecule has 2 aromatic heterocycles. The second-order valence-electron chi connectivity index (χ2n) is 12.3. The van der Waals surface area contributed by atoms with Crippen LogP contribution in [-0.4, -0.2) is 71.9 Å². The van der Waals surface area contributed by atoms with Gasteiger partial charge in [-0.25, -0.2) is 14.6 Å². The molecule has 0 radical (unpaired) electrons. The quantitative estimate of drug-likeness (QED) is 0.156. The molecule has 4 aromatic rings. The standard InChI is InChI=1S/C37H35Cl2N3O11/c1-18(2)34(44)51-31-20(4)50-36(46)25(17-49-35(45)22(31)16-21-10-7-6-8-11-21)41-33(43)30-32(26(48-5)14-15-40-30)52-37(47)27-19(3)53-42-29(27)28-23(38)12-9-13-24(28)39/h6-15,18,20,22,25,31H,16-17H2,1-5H3,(H,41,43). The fourth-order valence-electron chi connectivity index (χ4n) is 5.48. The lowest BCUT2D eigenvalue weighted by Crippen LogP contribution is -2.47. The molecule has 1 saturated heterocycles. The Hall–Kier alpha value is -5.47. The van der Waals surface area contributed by atoms with Crippen LogP contribution in [0.4, 0.5) is 0 Å². The summed E-state index contributed by atoms with van der Waals surface area (Å²) in [5.41, 5.74) is 0.338. The van der Waals surface area contributed by atoms with E-state index in [1.807, 2.05) is 6.07 Å². The van der Waals surface area contributed by atoms with Gasteiger partial charge in [0.2, 0.25) is 5.75 Å². The minimum absolute atomic E-state index is 0.0100. The lowest BCUT2D eigenvalue weighted by Gasteiger charge is -2.29. The SMILES string of the molecule is COc1ccnc(C(=O)NC2COC(=O)C(Cc3ccccc3)C(OC(=O)C(C)C)C(C)OC2=O)c1OC(=O)c1c(-c2c(Cl)cccc2Cl)noc1C. The number of nitrogens with one attached hydrogen (secondary N) is 1. The topological polar surface area (TPSA) is 182 Å². The molecule has 53 heavy (non-hydrogen) atoms. The molecule has 1 aliphatic rings. The van der Waals surface area contributed by atoms with Crippen LogP contribution in [0.25, 0.3) is 11.3 Å². The average molecular weight is 769 g/mol. The van der Waals surface area contributed by atoms with Crippen molar-refractivity contribution in [3.63, 3.8) is 0 Å². The first-order valence-electron chi connectivity index (χ1n) is 16.4. The van der Waals surface area contributed by atoms with Crippen LogP contribution in [0.5, 0.6) is 11.5 Å². The van der Waals surface area contributed by atoms with Gasteiger partial charge in [-0.1, -0.05) is 78.6 Å². The molecule has 0 bridgehead atoms. The van der Waals surface area contributed by atoms with E-state index < -0.39 is 77.9 Å². The largest absolute Gasteiger partial charge is 0.493 e. The molecule has 3 heterocycles. The molecule has 16 heteroatoms. The van der Waals surface area contributed by atoms with E-state index in [2.05, 4.69) is 15.5 Å². The van der Waals surface area contributed by atoms with Crippen LogP contribution in [-0.2, 0) is 35.0 Å². The number of nitrogens with zero attached hydrogens (tertiary/aromatic N) is 2. The third kappa shape index (κ3) is 8.78. The van der Waals surface area contributed by atoms with Crippen molar-refractivity contribution < 1.29 is 52.2 Å². The Kier molecular flexibility index (Phi) is 12.4. The molecule has 14 nitrogen and oxygen atoms in total. The Morgan fingerprint density at radius 1 is 1.00 bits per heavy atom. The second-order valence-corrected chi connectivity index (χ2v) is 13.1. The highest BCUT2D eigenvalue weighted by atomic mass is 35.5. The summed E-state index contributed by atoms with van der Waals surface area (Å²) in [6, 6.07) is 13.5. The van der Waals surface area contributed by atoms with E-state index in [1.54, 1.807) is 56.3 Å². The first-order valence-corrected chi connectivity index (χ1v) is 17.1. The highest BCUT2D eigenvalue weighted by Crippen LogP contribution is 2.38. The van der Waals surface area contributed by atoms with Gasteiger partial charge in [0.1, 0.15) is 35.6 Å². The number of aromatic nitrogens is 2. The predicted molar refractivity (Wildman–Crippen MR) is 189 cm³/mol. The van der Waals surface area contributed by atoms with Crippen LogP contribution >= 0.6 is 23.2 Å². The zero-order chi connectivity index (χ0) is 38.4. The first kappa shape index (κ1) is 38.8. The normalized spacial score (nSPS) is 18.9. The minimum atomic E-state index is -1.56. The van der Waals surface area contributed by atoms with Gasteiger partial charge in [0.25, 0.3) is 5.91 Å². The summed E-state index contributed by atoms with van der Waals surface area (Å²) in [4.78, 5) is 71.4. The van der Waals surface area contributed by atoms with Crippen LogP contribution in [0.1, 0.15) is 52.9 Å². The van der Waals surface area contributed by atoms with Gasteiger partial charge in [-0.15, -0.1) is 0 Å². The lowest BCUT2D eigenvalue weighted by molar-refractivity contribution is -0.176. The number of carbonyl (C=O) groups is 5. The number of halogens is 2. The Bertz CT molecular complexity index is 2000. The van der Waals surface area contributed by atoms with Gasteiger partial charge >= 0.3 is 23.9 Å². The van der Waals surface area contributed by atoms with E-state index in [9.17, 15) is 24.0 Å². The monoisotopic (exact) mass is 767 g/mol. The summed E-state index contributed by atoms with van der Waals surface area (Å²) in [7, 11) is 1.28. The molecule has 0 spiro atoms. The van der Waals surface area contributed by atoms with Crippen LogP contribution in [0.2, 0.25) is 10.0 Å². The average Bonchev–Trinajstić information content (AvgIpc) is 3.52. The smallest absolute Gasteiger partial charge is 0.349 e. The number of hydrogen-bond acceptors (Lipinski definition) is 13. The van der Waals surface area contributed by atoms with Crippen LogP contribution in [0.3, 0.4) is 0 Å². The van der Waals surface area contributed by atoms with Gasteiger partial charge in [0, 0.05) is 17.8 Å². The Morgan fingerprint density at radius 2 is 1.70 bits per heavy atom. The molecule has 1 amide bonds.